The van der Waals surface area contributed by atoms with E-state index in [2.05, 4.69) is 81.1 Å². The van der Waals surface area contributed by atoms with E-state index < -0.39 is 8.07 Å². The zero-order valence-corrected chi connectivity index (χ0v) is 17.4. The van der Waals surface area contributed by atoms with Gasteiger partial charge in [-0.05, 0) is 42.9 Å². The lowest BCUT2D eigenvalue weighted by Crippen LogP contribution is -2.29. The van der Waals surface area contributed by atoms with Gasteiger partial charge in [0.05, 0.1) is 8.07 Å². The van der Waals surface area contributed by atoms with Crippen LogP contribution in [0.3, 0.4) is 0 Å². The van der Waals surface area contributed by atoms with Crippen LogP contribution in [0.4, 0.5) is 0 Å². The highest BCUT2D eigenvalue weighted by molar-refractivity contribution is 6.83. The number of likely N-dealkylation sites (N-methyl/N-ethyl adjacent to an activating group) is 1. The lowest BCUT2D eigenvalue weighted by atomic mass is 9.82. The Balaban J connectivity index is 2.13. The summed E-state index contributed by atoms with van der Waals surface area (Å²) in [5.74, 6) is 0.500. The second-order valence-electron chi connectivity index (χ2n) is 8.36. The Hall–Kier alpha value is -2.10. The predicted octanol–water partition coefficient (Wildman–Crippen LogP) is 5.20. The molecule has 2 atom stereocenters. The number of nitrogens with zero attached hydrogens (tertiary/aromatic N) is 1. The van der Waals surface area contributed by atoms with Crippen LogP contribution in [-0.4, -0.2) is 38.2 Å². The smallest absolute Gasteiger partial charge is 0.115 e. The molecule has 3 rings (SSSR count). The molecule has 1 N–H and O–H groups in total. The van der Waals surface area contributed by atoms with Gasteiger partial charge in [0.15, 0.2) is 0 Å². The molecule has 1 aliphatic carbocycles. The molecule has 0 aromatic heterocycles. The monoisotopic (exact) mass is 363 g/mol. The fourth-order valence-corrected chi connectivity index (χ4v) is 4.89. The molecular weight excluding hydrogens is 334 g/mol. The topological polar surface area (TPSA) is 23.5 Å². The van der Waals surface area contributed by atoms with Crippen LogP contribution in [-0.2, 0) is 0 Å². The maximum Gasteiger partial charge on any atom is 0.115 e. The highest BCUT2D eigenvalue weighted by atomic mass is 28.3. The van der Waals surface area contributed by atoms with Gasteiger partial charge in [-0.3, -0.25) is 4.90 Å². The van der Waals surface area contributed by atoms with Crippen molar-refractivity contribution in [1.82, 2.24) is 4.90 Å². The van der Waals surface area contributed by atoms with E-state index in [1.54, 1.807) is 12.1 Å². The molecular formula is C23H29NOSi. The average molecular weight is 364 g/mol. The maximum absolute atomic E-state index is 9.74. The van der Waals surface area contributed by atoms with Gasteiger partial charge in [0.2, 0.25) is 0 Å². The van der Waals surface area contributed by atoms with Gasteiger partial charge in [-0.1, -0.05) is 79.5 Å². The Morgan fingerprint density at radius 3 is 2.00 bits per heavy atom. The Labute approximate surface area is 158 Å². The first kappa shape index (κ1) is 18.7. The predicted molar refractivity (Wildman–Crippen MR) is 113 cm³/mol. The fraction of sp³-hybridized carbons (Fsp3) is 0.304. The third-order valence-electron chi connectivity index (χ3n) is 5.12. The van der Waals surface area contributed by atoms with Crippen LogP contribution in [0.5, 0.6) is 5.75 Å². The quantitative estimate of drug-likeness (QED) is 0.738. The number of phenols is 1. The van der Waals surface area contributed by atoms with Crippen LogP contribution in [0.25, 0.3) is 0 Å². The van der Waals surface area contributed by atoms with Crippen molar-refractivity contribution in [3.63, 3.8) is 0 Å². The molecule has 1 aliphatic rings. The molecule has 2 aromatic carbocycles. The van der Waals surface area contributed by atoms with E-state index in [-0.39, 0.29) is 5.92 Å². The number of aromatic hydroxyl groups is 1. The van der Waals surface area contributed by atoms with Crippen LogP contribution in [0.15, 0.2) is 77.5 Å². The highest BCUT2D eigenvalue weighted by Gasteiger charge is 2.33. The Kier molecular flexibility index (Phi) is 5.21. The van der Waals surface area contributed by atoms with Gasteiger partial charge in [-0.25, -0.2) is 0 Å². The first-order valence-corrected chi connectivity index (χ1v) is 12.7. The van der Waals surface area contributed by atoms with Crippen molar-refractivity contribution in [2.24, 2.45) is 0 Å². The summed E-state index contributed by atoms with van der Waals surface area (Å²) in [4.78, 5) is 2.30. The minimum Gasteiger partial charge on any atom is -0.508 e. The van der Waals surface area contributed by atoms with Gasteiger partial charge in [-0.15, -0.1) is 0 Å². The molecule has 0 radical (unpaired) electrons. The second-order valence-corrected chi connectivity index (χ2v) is 13.4. The molecule has 0 spiro atoms. The van der Waals surface area contributed by atoms with Gasteiger partial charge in [0, 0.05) is 12.0 Å². The third kappa shape index (κ3) is 3.84. The molecule has 3 heteroatoms. The number of hydrogen-bond acceptors (Lipinski definition) is 2. The maximum atomic E-state index is 9.74. The first-order chi connectivity index (χ1) is 12.3. The molecule has 0 aliphatic heterocycles. The molecule has 0 fully saturated rings. The Morgan fingerprint density at radius 2 is 1.46 bits per heavy atom. The molecule has 26 heavy (non-hydrogen) atoms. The van der Waals surface area contributed by atoms with E-state index in [4.69, 9.17) is 0 Å². The lowest BCUT2D eigenvalue weighted by Gasteiger charge is -2.28. The number of allylic oxidation sites excluding steroid dienone is 2. The van der Waals surface area contributed by atoms with Gasteiger partial charge in [-0.2, -0.15) is 0 Å². The van der Waals surface area contributed by atoms with E-state index in [0.29, 0.717) is 11.8 Å². The summed E-state index contributed by atoms with van der Waals surface area (Å²) in [6.07, 6.45) is 4.90. The van der Waals surface area contributed by atoms with Crippen LogP contribution < -0.4 is 0 Å². The van der Waals surface area contributed by atoms with Gasteiger partial charge < -0.3 is 5.11 Å². The van der Waals surface area contributed by atoms with Crippen molar-refractivity contribution < 1.29 is 5.11 Å². The van der Waals surface area contributed by atoms with E-state index >= 15 is 0 Å². The summed E-state index contributed by atoms with van der Waals surface area (Å²) in [6.45, 7) is 7.22. The van der Waals surface area contributed by atoms with Crippen molar-refractivity contribution in [2.75, 3.05) is 14.1 Å². The van der Waals surface area contributed by atoms with Crippen LogP contribution in [0.2, 0.25) is 19.6 Å². The largest absolute Gasteiger partial charge is 0.508 e. The molecule has 136 valence electrons. The summed E-state index contributed by atoms with van der Waals surface area (Å²) < 4.78 is 0. The van der Waals surface area contributed by atoms with Crippen molar-refractivity contribution in [2.45, 2.75) is 31.6 Å². The van der Waals surface area contributed by atoms with Crippen LogP contribution in [0, 0.1) is 0 Å². The summed E-state index contributed by atoms with van der Waals surface area (Å²) >= 11 is 0. The van der Waals surface area contributed by atoms with Crippen LogP contribution >= 0.6 is 0 Å². The highest BCUT2D eigenvalue weighted by Crippen LogP contribution is 2.40. The van der Waals surface area contributed by atoms with Crippen molar-refractivity contribution in [1.29, 1.82) is 0 Å². The summed E-state index contributed by atoms with van der Waals surface area (Å²) in [6, 6.07) is 18.7. The number of rotatable bonds is 5. The van der Waals surface area contributed by atoms with E-state index in [9.17, 15) is 5.11 Å². The zero-order chi connectivity index (χ0) is 18.9. The molecule has 2 unspecified atom stereocenters. The molecule has 0 saturated heterocycles. The number of phenolic OH excluding ortho intramolecular Hbond substituents is 1. The summed E-state index contributed by atoms with van der Waals surface area (Å²) in [5.41, 5.74) is 3.93. The van der Waals surface area contributed by atoms with Gasteiger partial charge >= 0.3 is 0 Å². The van der Waals surface area contributed by atoms with Crippen molar-refractivity contribution in [3.8, 4) is 5.75 Å². The summed E-state index contributed by atoms with van der Waals surface area (Å²) in [5, 5.41) is 11.3. The van der Waals surface area contributed by atoms with Gasteiger partial charge in [0.1, 0.15) is 5.75 Å². The first-order valence-electron chi connectivity index (χ1n) is 9.21. The second kappa shape index (κ2) is 7.26. The zero-order valence-electron chi connectivity index (χ0n) is 16.4. The standard InChI is InChI=1S/C23H29NOSi/c1-24(2)22-16-20(26(3,4)5)15-21(22)23(17-9-7-6-8-10-17)18-11-13-19(25)14-12-18/h6-16,22-23,25H,1-5H3. The minimum atomic E-state index is -1.39. The van der Waals surface area contributed by atoms with Crippen LogP contribution in [0.1, 0.15) is 17.0 Å². The molecule has 0 bridgehead atoms. The lowest BCUT2D eigenvalue weighted by molar-refractivity contribution is 0.374. The van der Waals surface area contributed by atoms with Crippen molar-refractivity contribution >= 4 is 8.07 Å². The summed E-state index contributed by atoms with van der Waals surface area (Å²) in [7, 11) is 2.92. The molecule has 2 nitrogen and oxygen atoms in total. The average Bonchev–Trinajstić information content (AvgIpc) is 3.03. The Bertz CT molecular complexity index is 814. The third-order valence-corrected chi connectivity index (χ3v) is 7.16. The fourth-order valence-electron chi connectivity index (χ4n) is 3.64. The Morgan fingerprint density at radius 1 is 0.885 bits per heavy atom. The number of hydrogen-bond donors (Lipinski definition) is 1. The van der Waals surface area contributed by atoms with E-state index in [0.717, 1.165) is 0 Å². The van der Waals surface area contributed by atoms with E-state index in [1.807, 2.05) is 12.1 Å². The van der Waals surface area contributed by atoms with E-state index in [1.165, 1.54) is 21.9 Å². The molecule has 0 heterocycles. The molecule has 0 amide bonds. The number of benzene rings is 2. The van der Waals surface area contributed by atoms with Gasteiger partial charge in [0.25, 0.3) is 0 Å². The SMILES string of the molecule is CN(C)C1C=C([Si](C)(C)C)C=C1C(c1ccccc1)c1ccc(O)cc1. The minimum absolute atomic E-state index is 0.189. The normalized spacial score (nSPS) is 18.6. The van der Waals surface area contributed by atoms with Crippen molar-refractivity contribution in [3.05, 3.63) is 88.6 Å². The molecule has 2 aromatic rings. The molecule has 0 saturated carbocycles.